The van der Waals surface area contributed by atoms with Crippen molar-refractivity contribution in [3.8, 4) is 22.6 Å². The van der Waals surface area contributed by atoms with Crippen LogP contribution in [0, 0.1) is 5.92 Å². The third-order valence-corrected chi connectivity index (χ3v) is 6.42. The monoisotopic (exact) mass is 465 g/mol. The van der Waals surface area contributed by atoms with Crippen LogP contribution in [-0.4, -0.2) is 41.1 Å². The average molecular weight is 466 g/mol. The third kappa shape index (κ3) is 4.42. The van der Waals surface area contributed by atoms with Gasteiger partial charge in [-0.2, -0.15) is 5.10 Å². The Labute approximate surface area is 197 Å². The summed E-state index contributed by atoms with van der Waals surface area (Å²) in [5.74, 6) is 1.66. The van der Waals surface area contributed by atoms with Gasteiger partial charge < -0.3 is 20.1 Å². The number of para-hydroxylation sites is 1. The number of hydrogen-bond donors (Lipinski definition) is 2. The SMILES string of the molecule is COc1cnc(NC(=O)C2CC2)cc1Nc1cccc(-c2cnn([C@@H]3CCC[C@H]3F)c2)c1OC. The number of benzene rings is 1. The number of halogens is 1. The number of nitrogens with zero attached hydrogens (tertiary/aromatic N) is 3. The number of amides is 1. The Bertz CT molecular complexity index is 1190. The summed E-state index contributed by atoms with van der Waals surface area (Å²) in [6, 6.07) is 7.27. The Kier molecular flexibility index (Phi) is 6.08. The van der Waals surface area contributed by atoms with Crippen molar-refractivity contribution < 1.29 is 18.7 Å². The molecular weight excluding hydrogens is 437 g/mol. The van der Waals surface area contributed by atoms with Gasteiger partial charge in [0.25, 0.3) is 0 Å². The van der Waals surface area contributed by atoms with Crippen LogP contribution in [0.3, 0.4) is 0 Å². The summed E-state index contributed by atoms with van der Waals surface area (Å²) in [4.78, 5) is 16.5. The van der Waals surface area contributed by atoms with E-state index in [-0.39, 0.29) is 17.9 Å². The van der Waals surface area contributed by atoms with E-state index in [9.17, 15) is 9.18 Å². The maximum Gasteiger partial charge on any atom is 0.228 e. The van der Waals surface area contributed by atoms with Gasteiger partial charge in [0, 0.05) is 29.3 Å². The molecule has 0 radical (unpaired) electrons. The van der Waals surface area contributed by atoms with Crippen LogP contribution in [0.15, 0.2) is 42.9 Å². The molecule has 8 nitrogen and oxygen atoms in total. The summed E-state index contributed by atoms with van der Waals surface area (Å²) in [5, 5.41) is 10.6. The largest absolute Gasteiger partial charge is 0.494 e. The lowest BCUT2D eigenvalue weighted by Gasteiger charge is -2.17. The normalized spacial score (nSPS) is 19.6. The minimum Gasteiger partial charge on any atom is -0.494 e. The van der Waals surface area contributed by atoms with E-state index in [4.69, 9.17) is 9.47 Å². The van der Waals surface area contributed by atoms with E-state index in [1.807, 2.05) is 24.4 Å². The summed E-state index contributed by atoms with van der Waals surface area (Å²) in [7, 11) is 3.17. The standard InChI is InChI=1S/C25H28FN5O3/c1-33-22-13-27-23(30-25(32)15-9-10-15)11-20(22)29-19-7-3-5-17(24(19)34-2)16-12-28-31(14-16)21-8-4-6-18(21)26/h3,5,7,11-15,18,21H,4,6,8-10H2,1-2H3,(H2,27,29,30,32)/t18-,21-/m1/s1. The number of alkyl halides is 1. The topological polar surface area (TPSA) is 90.3 Å². The van der Waals surface area contributed by atoms with Gasteiger partial charge in [-0.15, -0.1) is 0 Å². The van der Waals surface area contributed by atoms with Gasteiger partial charge in [0.1, 0.15) is 17.7 Å². The van der Waals surface area contributed by atoms with Gasteiger partial charge in [0.15, 0.2) is 5.75 Å². The number of carbonyl (C=O) groups excluding carboxylic acids is 1. The van der Waals surface area contributed by atoms with Gasteiger partial charge in [-0.1, -0.05) is 12.1 Å². The lowest BCUT2D eigenvalue weighted by molar-refractivity contribution is -0.117. The number of hydrogen-bond acceptors (Lipinski definition) is 6. The average Bonchev–Trinajstić information content (AvgIpc) is 3.44. The molecule has 34 heavy (non-hydrogen) atoms. The first-order valence-corrected chi connectivity index (χ1v) is 11.5. The van der Waals surface area contributed by atoms with E-state index in [0.717, 1.165) is 36.8 Å². The molecule has 0 unspecified atom stereocenters. The summed E-state index contributed by atoms with van der Waals surface area (Å²) in [6.45, 7) is 0. The number of methoxy groups -OCH3 is 2. The second-order valence-corrected chi connectivity index (χ2v) is 8.77. The molecule has 2 aromatic heterocycles. The van der Waals surface area contributed by atoms with Crippen LogP contribution in [-0.2, 0) is 4.79 Å². The molecule has 2 saturated carbocycles. The minimum absolute atomic E-state index is 0.0158. The fourth-order valence-corrected chi connectivity index (χ4v) is 4.42. The molecule has 5 rings (SSSR count). The minimum atomic E-state index is -0.864. The number of rotatable bonds is 8. The Balaban J connectivity index is 1.43. The van der Waals surface area contributed by atoms with Crippen LogP contribution in [0.4, 0.5) is 21.6 Å². The molecule has 178 valence electrons. The van der Waals surface area contributed by atoms with Crippen molar-refractivity contribution >= 4 is 23.1 Å². The van der Waals surface area contributed by atoms with Crippen molar-refractivity contribution in [2.24, 2.45) is 5.92 Å². The van der Waals surface area contributed by atoms with Crippen molar-refractivity contribution in [1.82, 2.24) is 14.8 Å². The van der Waals surface area contributed by atoms with Crippen molar-refractivity contribution in [3.05, 3.63) is 42.9 Å². The van der Waals surface area contributed by atoms with E-state index in [0.29, 0.717) is 35.1 Å². The van der Waals surface area contributed by atoms with Crippen LogP contribution in [0.2, 0.25) is 0 Å². The lowest BCUT2D eigenvalue weighted by atomic mass is 10.1. The zero-order valence-electron chi connectivity index (χ0n) is 19.3. The zero-order valence-corrected chi connectivity index (χ0v) is 19.3. The van der Waals surface area contributed by atoms with Gasteiger partial charge in [-0.3, -0.25) is 9.48 Å². The first kappa shape index (κ1) is 22.2. The van der Waals surface area contributed by atoms with Gasteiger partial charge in [0.2, 0.25) is 5.91 Å². The predicted octanol–water partition coefficient (Wildman–Crippen LogP) is 5.12. The first-order chi connectivity index (χ1) is 16.6. The van der Waals surface area contributed by atoms with Crippen molar-refractivity contribution in [3.63, 3.8) is 0 Å². The molecule has 3 aromatic rings. The van der Waals surface area contributed by atoms with Crippen LogP contribution < -0.4 is 20.1 Å². The molecule has 2 aliphatic rings. The van der Waals surface area contributed by atoms with Gasteiger partial charge >= 0.3 is 0 Å². The van der Waals surface area contributed by atoms with E-state index in [2.05, 4.69) is 20.7 Å². The molecule has 0 spiro atoms. The van der Waals surface area contributed by atoms with Gasteiger partial charge in [-0.05, 0) is 38.2 Å². The van der Waals surface area contributed by atoms with Crippen molar-refractivity contribution in [2.45, 2.75) is 44.3 Å². The van der Waals surface area contributed by atoms with Crippen molar-refractivity contribution in [2.75, 3.05) is 24.9 Å². The molecule has 0 bridgehead atoms. The number of carbonyl (C=O) groups is 1. The first-order valence-electron chi connectivity index (χ1n) is 11.5. The second-order valence-electron chi connectivity index (χ2n) is 8.77. The summed E-state index contributed by atoms with van der Waals surface area (Å²) in [6.07, 6.45) is 8.41. The molecule has 2 fully saturated rings. The van der Waals surface area contributed by atoms with Crippen LogP contribution in [0.25, 0.3) is 11.1 Å². The smallest absolute Gasteiger partial charge is 0.228 e. The second kappa shape index (κ2) is 9.32. The fraction of sp³-hybridized carbons (Fsp3) is 0.400. The Morgan fingerprint density at radius 1 is 1.12 bits per heavy atom. The van der Waals surface area contributed by atoms with Crippen LogP contribution in [0.1, 0.15) is 38.1 Å². The van der Waals surface area contributed by atoms with Gasteiger partial charge in [-0.25, -0.2) is 9.37 Å². The molecular formula is C25H28FN5O3. The van der Waals surface area contributed by atoms with Crippen LogP contribution >= 0.6 is 0 Å². The highest BCUT2D eigenvalue weighted by Crippen LogP contribution is 2.41. The maximum atomic E-state index is 14.2. The predicted molar refractivity (Wildman–Crippen MR) is 127 cm³/mol. The highest BCUT2D eigenvalue weighted by molar-refractivity contribution is 5.94. The molecule has 1 amide bonds. The number of nitrogens with one attached hydrogen (secondary N) is 2. The molecule has 2 N–H and O–H groups in total. The molecule has 9 heteroatoms. The quantitative estimate of drug-likeness (QED) is 0.480. The molecule has 1 aromatic carbocycles. The third-order valence-electron chi connectivity index (χ3n) is 6.42. The fourth-order valence-electron chi connectivity index (χ4n) is 4.42. The molecule has 2 aliphatic carbocycles. The Hall–Kier alpha value is -3.62. The highest BCUT2D eigenvalue weighted by atomic mass is 19.1. The number of aromatic nitrogens is 3. The van der Waals surface area contributed by atoms with E-state index < -0.39 is 6.17 Å². The summed E-state index contributed by atoms with van der Waals surface area (Å²) in [5.41, 5.74) is 3.03. The zero-order chi connectivity index (χ0) is 23.7. The lowest BCUT2D eigenvalue weighted by Crippen LogP contribution is -2.14. The molecule has 2 atom stereocenters. The van der Waals surface area contributed by atoms with Crippen molar-refractivity contribution in [1.29, 1.82) is 0 Å². The highest BCUT2D eigenvalue weighted by Gasteiger charge is 2.30. The molecule has 2 heterocycles. The Morgan fingerprint density at radius 2 is 1.97 bits per heavy atom. The summed E-state index contributed by atoms with van der Waals surface area (Å²) < 4.78 is 27.2. The van der Waals surface area contributed by atoms with E-state index in [1.54, 1.807) is 37.4 Å². The number of pyridine rings is 1. The maximum absolute atomic E-state index is 14.2. The molecule has 0 saturated heterocycles. The van der Waals surface area contributed by atoms with E-state index in [1.165, 1.54) is 0 Å². The Morgan fingerprint density at radius 3 is 2.68 bits per heavy atom. The number of ether oxygens (including phenoxy) is 2. The van der Waals surface area contributed by atoms with Gasteiger partial charge in [0.05, 0.1) is 44.0 Å². The number of anilines is 3. The van der Waals surface area contributed by atoms with E-state index >= 15 is 0 Å². The van der Waals surface area contributed by atoms with Crippen LogP contribution in [0.5, 0.6) is 11.5 Å². The summed E-state index contributed by atoms with van der Waals surface area (Å²) >= 11 is 0. The molecule has 0 aliphatic heterocycles.